The number of thiazole rings is 1. The fourth-order valence-corrected chi connectivity index (χ4v) is 3.84. The second kappa shape index (κ2) is 7.74. The molecule has 0 fully saturated rings. The van der Waals surface area contributed by atoms with Crippen LogP contribution in [0, 0.1) is 5.41 Å². The zero-order valence-corrected chi connectivity index (χ0v) is 18.2. The van der Waals surface area contributed by atoms with E-state index in [1.54, 1.807) is 37.4 Å². The lowest BCUT2D eigenvalue weighted by Gasteiger charge is -2.12. The van der Waals surface area contributed by atoms with Gasteiger partial charge in [0.15, 0.2) is 5.78 Å². The average molecular weight is 436 g/mol. The highest BCUT2D eigenvalue weighted by atomic mass is 35.5. The molecule has 0 aliphatic heterocycles. The highest BCUT2D eigenvalue weighted by molar-refractivity contribution is 7.07. The second-order valence-electron chi connectivity index (χ2n) is 7.38. The normalized spacial score (nSPS) is 13.4. The summed E-state index contributed by atoms with van der Waals surface area (Å²) in [4.78, 5) is 24.8. The van der Waals surface area contributed by atoms with Crippen molar-refractivity contribution in [3.8, 4) is 11.3 Å². The minimum absolute atomic E-state index is 0.0354. The number of halogens is 2. The quantitative estimate of drug-likeness (QED) is 0.617. The number of carbonyl (C=O) groups excluding carboxylic acids is 1. The molecule has 0 saturated heterocycles. The fourth-order valence-electron chi connectivity index (χ4n) is 2.43. The maximum Gasteiger partial charge on any atom is 0.268 e. The summed E-state index contributed by atoms with van der Waals surface area (Å²) in [5.41, 5.74) is -0.00911. The molecule has 0 bridgehead atoms. The average Bonchev–Trinajstić information content (AvgIpc) is 3.18. The van der Waals surface area contributed by atoms with Crippen LogP contribution in [0.1, 0.15) is 26.5 Å². The number of rotatable bonds is 3. The van der Waals surface area contributed by atoms with Crippen molar-refractivity contribution in [1.29, 1.82) is 0 Å². The molecule has 0 radical (unpaired) electrons. The van der Waals surface area contributed by atoms with E-state index in [-0.39, 0.29) is 11.3 Å². The van der Waals surface area contributed by atoms with Gasteiger partial charge in [-0.05, 0) is 24.3 Å². The third-order valence-corrected chi connectivity index (χ3v) is 6.10. The SMILES string of the molecule is Cn1c(=O)/c(=C\c2ccc(-c3cccc(Cl)c3Cl)o2)s/c1=C\C(=O)C(C)(C)C. The largest absolute Gasteiger partial charge is 0.457 e. The summed E-state index contributed by atoms with van der Waals surface area (Å²) in [7, 11) is 1.65. The molecular weight excluding hydrogens is 417 g/mol. The predicted molar refractivity (Wildman–Crippen MR) is 115 cm³/mol. The lowest BCUT2D eigenvalue weighted by molar-refractivity contribution is -0.120. The van der Waals surface area contributed by atoms with Gasteiger partial charge in [0.05, 0.1) is 14.6 Å². The molecule has 2 heterocycles. The molecule has 0 saturated carbocycles. The van der Waals surface area contributed by atoms with E-state index in [0.717, 1.165) is 0 Å². The topological polar surface area (TPSA) is 52.2 Å². The molecule has 1 aromatic carbocycles. The van der Waals surface area contributed by atoms with Gasteiger partial charge in [0, 0.05) is 30.2 Å². The van der Waals surface area contributed by atoms with Crippen molar-refractivity contribution in [1.82, 2.24) is 4.57 Å². The van der Waals surface area contributed by atoms with Gasteiger partial charge < -0.3 is 8.98 Å². The first-order valence-corrected chi connectivity index (χ1v) is 10.1. The van der Waals surface area contributed by atoms with Crippen LogP contribution in [0.4, 0.5) is 0 Å². The molecule has 146 valence electrons. The molecule has 7 heteroatoms. The van der Waals surface area contributed by atoms with Crippen molar-refractivity contribution >= 4 is 52.5 Å². The van der Waals surface area contributed by atoms with Crippen LogP contribution >= 0.6 is 34.5 Å². The standard InChI is InChI=1S/C21H19Cl2NO3S/c1-21(2,3)17(25)11-18-24(4)20(26)16(28-18)10-12-8-9-15(27-12)13-6-5-7-14(22)19(13)23/h5-11H,1-4H3/b16-10+,18-11-. The van der Waals surface area contributed by atoms with E-state index in [4.69, 9.17) is 27.6 Å². The molecule has 4 nitrogen and oxygen atoms in total. The molecule has 3 rings (SSSR count). The molecule has 0 N–H and O–H groups in total. The highest BCUT2D eigenvalue weighted by Crippen LogP contribution is 2.34. The summed E-state index contributed by atoms with van der Waals surface area (Å²) in [6, 6.07) is 8.84. The van der Waals surface area contributed by atoms with Gasteiger partial charge in [-0.2, -0.15) is 0 Å². The van der Waals surface area contributed by atoms with Crippen LogP contribution in [0.3, 0.4) is 0 Å². The molecule has 0 atom stereocenters. The number of benzene rings is 1. The summed E-state index contributed by atoms with van der Waals surface area (Å²) >= 11 is 13.5. The van der Waals surface area contributed by atoms with E-state index in [9.17, 15) is 9.59 Å². The van der Waals surface area contributed by atoms with Crippen LogP contribution in [-0.2, 0) is 11.8 Å². The number of aromatic nitrogens is 1. The second-order valence-corrected chi connectivity index (χ2v) is 9.22. The lowest BCUT2D eigenvalue weighted by Crippen LogP contribution is -2.29. The van der Waals surface area contributed by atoms with E-state index in [1.165, 1.54) is 22.0 Å². The van der Waals surface area contributed by atoms with Crippen LogP contribution in [0.25, 0.3) is 23.5 Å². The summed E-state index contributed by atoms with van der Waals surface area (Å²) in [6.45, 7) is 5.53. The molecule has 0 unspecified atom stereocenters. The molecular formula is C21H19Cl2NO3S. The first-order chi connectivity index (χ1) is 13.1. The Balaban J connectivity index is 2.05. The third-order valence-electron chi connectivity index (χ3n) is 4.17. The first-order valence-electron chi connectivity index (χ1n) is 8.56. The van der Waals surface area contributed by atoms with Crippen LogP contribution in [-0.4, -0.2) is 10.4 Å². The Kier molecular flexibility index (Phi) is 5.71. The molecule has 28 heavy (non-hydrogen) atoms. The Morgan fingerprint density at radius 2 is 1.89 bits per heavy atom. The van der Waals surface area contributed by atoms with E-state index in [0.29, 0.717) is 36.3 Å². The van der Waals surface area contributed by atoms with Crippen molar-refractivity contribution in [3.05, 3.63) is 65.7 Å². The van der Waals surface area contributed by atoms with Gasteiger partial charge in [-0.15, -0.1) is 11.3 Å². The smallest absolute Gasteiger partial charge is 0.268 e. The Morgan fingerprint density at radius 3 is 2.57 bits per heavy atom. The lowest BCUT2D eigenvalue weighted by atomic mass is 9.91. The summed E-state index contributed by atoms with van der Waals surface area (Å²) < 4.78 is 8.38. The zero-order chi connectivity index (χ0) is 20.6. The highest BCUT2D eigenvalue weighted by Gasteiger charge is 2.19. The Bertz CT molecular complexity index is 1230. The molecule has 0 amide bonds. The van der Waals surface area contributed by atoms with Crippen molar-refractivity contribution in [3.63, 3.8) is 0 Å². The van der Waals surface area contributed by atoms with Crippen molar-refractivity contribution in [2.24, 2.45) is 12.5 Å². The zero-order valence-electron chi connectivity index (χ0n) is 15.9. The van der Waals surface area contributed by atoms with Crippen molar-refractivity contribution in [2.45, 2.75) is 20.8 Å². The molecule has 0 aliphatic carbocycles. The van der Waals surface area contributed by atoms with Crippen LogP contribution in [0.5, 0.6) is 0 Å². The van der Waals surface area contributed by atoms with E-state index in [1.807, 2.05) is 26.8 Å². The maximum absolute atomic E-state index is 12.5. The number of furan rings is 1. The maximum atomic E-state index is 12.5. The van der Waals surface area contributed by atoms with Gasteiger partial charge in [-0.25, -0.2) is 0 Å². The Labute approximate surface area is 176 Å². The molecule has 3 aromatic rings. The summed E-state index contributed by atoms with van der Waals surface area (Å²) in [5, 5.41) is 0.853. The minimum atomic E-state index is -0.504. The van der Waals surface area contributed by atoms with E-state index in [2.05, 4.69) is 0 Å². The third kappa shape index (κ3) is 4.17. The molecule has 0 aliphatic rings. The van der Waals surface area contributed by atoms with Crippen molar-refractivity contribution in [2.75, 3.05) is 0 Å². The number of carbonyl (C=O) groups is 1. The molecule has 0 spiro atoms. The number of hydrogen-bond acceptors (Lipinski definition) is 4. The Hall–Kier alpha value is -2.08. The fraction of sp³-hybridized carbons (Fsp3) is 0.238. The van der Waals surface area contributed by atoms with Crippen LogP contribution < -0.4 is 14.8 Å². The minimum Gasteiger partial charge on any atom is -0.457 e. The van der Waals surface area contributed by atoms with Crippen LogP contribution in [0.15, 0.2) is 39.5 Å². The first kappa shape index (κ1) is 20.6. The molecule has 2 aromatic heterocycles. The summed E-state index contributed by atoms with van der Waals surface area (Å²) in [5.74, 6) is 1.03. The van der Waals surface area contributed by atoms with Gasteiger partial charge in [-0.1, -0.05) is 50.0 Å². The van der Waals surface area contributed by atoms with E-state index < -0.39 is 5.41 Å². The number of nitrogens with zero attached hydrogens (tertiary/aromatic N) is 1. The van der Waals surface area contributed by atoms with Gasteiger partial charge in [0.1, 0.15) is 16.2 Å². The van der Waals surface area contributed by atoms with E-state index >= 15 is 0 Å². The number of Topliss-reactive ketones (excluding diaryl/α,β-unsaturated/α-hetero) is 1. The summed E-state index contributed by atoms with van der Waals surface area (Å²) in [6.07, 6.45) is 3.18. The Morgan fingerprint density at radius 1 is 1.18 bits per heavy atom. The van der Waals surface area contributed by atoms with Gasteiger partial charge in [0.2, 0.25) is 0 Å². The number of hydrogen-bond donors (Lipinski definition) is 0. The monoisotopic (exact) mass is 435 g/mol. The predicted octanol–water partition coefficient (Wildman–Crippen LogP) is 4.24. The number of ketones is 1. The van der Waals surface area contributed by atoms with Gasteiger partial charge in [0.25, 0.3) is 5.56 Å². The van der Waals surface area contributed by atoms with Gasteiger partial charge >= 0.3 is 0 Å². The van der Waals surface area contributed by atoms with Crippen LogP contribution in [0.2, 0.25) is 10.0 Å². The van der Waals surface area contributed by atoms with Crippen molar-refractivity contribution < 1.29 is 9.21 Å². The van der Waals surface area contributed by atoms with Gasteiger partial charge in [-0.3, -0.25) is 9.59 Å².